The summed E-state index contributed by atoms with van der Waals surface area (Å²) in [6.07, 6.45) is 3.60. The van der Waals surface area contributed by atoms with Gasteiger partial charge < -0.3 is 15.5 Å². The van der Waals surface area contributed by atoms with E-state index >= 15 is 0 Å². The van der Waals surface area contributed by atoms with Crippen LogP contribution in [0.15, 0.2) is 42.5 Å². The summed E-state index contributed by atoms with van der Waals surface area (Å²) in [5.74, 6) is -0.324. The second kappa shape index (κ2) is 8.53. The number of anilines is 3. The van der Waals surface area contributed by atoms with Gasteiger partial charge in [-0.3, -0.25) is 14.9 Å². The van der Waals surface area contributed by atoms with Crippen molar-refractivity contribution in [3.8, 4) is 0 Å². The van der Waals surface area contributed by atoms with Crippen LogP contribution >= 0.6 is 0 Å². The number of nitrogens with one attached hydrogen (secondary N) is 2. The highest BCUT2D eigenvalue weighted by molar-refractivity contribution is 5.96. The summed E-state index contributed by atoms with van der Waals surface area (Å²) in [6, 6.07) is 12.7. The van der Waals surface area contributed by atoms with Crippen LogP contribution in [0.4, 0.5) is 22.7 Å². The minimum atomic E-state index is -0.484. The largest absolute Gasteiger partial charge is 0.374 e. The van der Waals surface area contributed by atoms with E-state index in [1.165, 1.54) is 25.3 Å². The summed E-state index contributed by atoms with van der Waals surface area (Å²) in [6.45, 7) is 3.84. The molecule has 0 saturated carbocycles. The summed E-state index contributed by atoms with van der Waals surface area (Å²) in [5, 5.41) is 17.0. The van der Waals surface area contributed by atoms with Gasteiger partial charge in [-0.2, -0.15) is 0 Å². The second-order valence-corrected chi connectivity index (χ2v) is 6.74. The zero-order chi connectivity index (χ0) is 19.2. The van der Waals surface area contributed by atoms with Crippen molar-refractivity contribution >= 4 is 28.7 Å². The Bertz CT molecular complexity index is 832. The molecule has 0 bridgehead atoms. The van der Waals surface area contributed by atoms with Gasteiger partial charge in [0, 0.05) is 19.2 Å². The topological polar surface area (TPSA) is 87.5 Å². The predicted octanol–water partition coefficient (Wildman–Crippen LogP) is 3.94. The van der Waals surface area contributed by atoms with Gasteiger partial charge in [0.1, 0.15) is 5.69 Å². The van der Waals surface area contributed by atoms with E-state index in [0.717, 1.165) is 30.0 Å². The van der Waals surface area contributed by atoms with Crippen LogP contribution in [0.5, 0.6) is 0 Å². The summed E-state index contributed by atoms with van der Waals surface area (Å²) in [4.78, 5) is 25.4. The molecule has 2 N–H and O–H groups in total. The molecule has 2 aromatic rings. The quantitative estimate of drug-likeness (QED) is 0.595. The lowest BCUT2D eigenvalue weighted by atomic mass is 10.1. The van der Waals surface area contributed by atoms with Crippen molar-refractivity contribution in [3.05, 3.63) is 58.1 Å². The molecule has 1 aliphatic heterocycles. The number of hydrogen-bond acceptors (Lipinski definition) is 5. The molecule has 2 aromatic carbocycles. The van der Waals surface area contributed by atoms with Crippen LogP contribution in [0.2, 0.25) is 0 Å². The van der Waals surface area contributed by atoms with Gasteiger partial charge in [-0.05, 0) is 49.9 Å². The van der Waals surface area contributed by atoms with Gasteiger partial charge >= 0.3 is 0 Å². The highest BCUT2D eigenvalue weighted by Gasteiger charge is 2.17. The Kier molecular flexibility index (Phi) is 5.90. The van der Waals surface area contributed by atoms with E-state index in [0.29, 0.717) is 0 Å². The predicted molar refractivity (Wildman–Crippen MR) is 107 cm³/mol. The number of nitrogens with zero attached hydrogens (tertiary/aromatic N) is 2. The molecule has 1 heterocycles. The smallest absolute Gasteiger partial charge is 0.293 e. The summed E-state index contributed by atoms with van der Waals surface area (Å²) in [5.41, 5.74) is 2.87. The Morgan fingerprint density at radius 3 is 2.59 bits per heavy atom. The number of nitro groups is 1. The van der Waals surface area contributed by atoms with Gasteiger partial charge in [0.25, 0.3) is 5.69 Å². The lowest BCUT2D eigenvalue weighted by Crippen LogP contribution is -2.30. The van der Waals surface area contributed by atoms with Crippen LogP contribution in [0, 0.1) is 17.0 Å². The fourth-order valence-corrected chi connectivity index (χ4v) is 3.30. The Hall–Kier alpha value is -3.09. The van der Waals surface area contributed by atoms with E-state index in [-0.39, 0.29) is 23.8 Å². The number of para-hydroxylation sites is 2. The average Bonchev–Trinajstić information content (AvgIpc) is 2.68. The molecular weight excluding hydrogens is 344 g/mol. The van der Waals surface area contributed by atoms with Gasteiger partial charge in [-0.25, -0.2) is 0 Å². The zero-order valence-electron chi connectivity index (χ0n) is 15.4. The third-order valence-electron chi connectivity index (χ3n) is 4.66. The first kappa shape index (κ1) is 18.7. The highest BCUT2D eigenvalue weighted by Crippen LogP contribution is 2.28. The molecule has 0 atom stereocenters. The van der Waals surface area contributed by atoms with Crippen LogP contribution in [0.25, 0.3) is 0 Å². The van der Waals surface area contributed by atoms with Crippen LogP contribution < -0.4 is 15.5 Å². The van der Waals surface area contributed by atoms with E-state index in [1.54, 1.807) is 19.1 Å². The van der Waals surface area contributed by atoms with Crippen molar-refractivity contribution in [3.63, 3.8) is 0 Å². The van der Waals surface area contributed by atoms with Crippen LogP contribution in [0.3, 0.4) is 0 Å². The van der Waals surface area contributed by atoms with E-state index in [9.17, 15) is 14.9 Å². The number of amides is 1. The summed E-state index contributed by atoms with van der Waals surface area (Å²) in [7, 11) is 0. The molecule has 7 nitrogen and oxygen atoms in total. The Labute approximate surface area is 158 Å². The third kappa shape index (κ3) is 4.75. The van der Waals surface area contributed by atoms with E-state index in [4.69, 9.17) is 0 Å². The summed E-state index contributed by atoms with van der Waals surface area (Å²) < 4.78 is 0. The van der Waals surface area contributed by atoms with Crippen molar-refractivity contribution < 1.29 is 9.72 Å². The molecule has 1 saturated heterocycles. The number of piperidine rings is 1. The van der Waals surface area contributed by atoms with Crippen LogP contribution in [-0.2, 0) is 4.79 Å². The van der Waals surface area contributed by atoms with Gasteiger partial charge in [0.15, 0.2) is 0 Å². The minimum Gasteiger partial charge on any atom is -0.374 e. The lowest BCUT2D eigenvalue weighted by molar-refractivity contribution is -0.384. The zero-order valence-corrected chi connectivity index (χ0v) is 15.4. The van der Waals surface area contributed by atoms with Crippen molar-refractivity contribution in [2.24, 2.45) is 0 Å². The number of carbonyl (C=O) groups is 1. The molecule has 0 spiro atoms. The molecule has 0 aliphatic carbocycles. The normalized spacial score (nSPS) is 13.9. The number of hydrogen-bond donors (Lipinski definition) is 2. The van der Waals surface area contributed by atoms with Crippen LogP contribution in [0.1, 0.15) is 24.8 Å². The van der Waals surface area contributed by atoms with Crippen molar-refractivity contribution in [1.29, 1.82) is 0 Å². The Morgan fingerprint density at radius 2 is 1.85 bits per heavy atom. The molecule has 0 radical (unpaired) electrons. The molecule has 1 fully saturated rings. The van der Waals surface area contributed by atoms with E-state index in [2.05, 4.69) is 21.6 Å². The van der Waals surface area contributed by atoms with Gasteiger partial charge in [0.05, 0.1) is 22.8 Å². The maximum Gasteiger partial charge on any atom is 0.293 e. The van der Waals surface area contributed by atoms with Crippen molar-refractivity contribution in [2.45, 2.75) is 26.2 Å². The second-order valence-electron chi connectivity index (χ2n) is 6.74. The minimum absolute atomic E-state index is 0.0376. The molecule has 27 heavy (non-hydrogen) atoms. The van der Waals surface area contributed by atoms with E-state index in [1.807, 2.05) is 18.2 Å². The molecule has 0 aromatic heterocycles. The first-order valence-electron chi connectivity index (χ1n) is 9.17. The first-order chi connectivity index (χ1) is 13.0. The molecule has 3 rings (SSSR count). The number of benzene rings is 2. The van der Waals surface area contributed by atoms with Crippen molar-refractivity contribution in [1.82, 2.24) is 0 Å². The number of aryl methyl sites for hydroxylation is 1. The maximum atomic E-state index is 12.3. The molecule has 0 unspecified atom stereocenters. The molecule has 142 valence electrons. The average molecular weight is 368 g/mol. The summed E-state index contributed by atoms with van der Waals surface area (Å²) >= 11 is 0. The Morgan fingerprint density at radius 1 is 1.11 bits per heavy atom. The van der Waals surface area contributed by atoms with Gasteiger partial charge in [-0.15, -0.1) is 0 Å². The first-order valence-corrected chi connectivity index (χ1v) is 9.17. The Balaban J connectivity index is 1.66. The van der Waals surface area contributed by atoms with Gasteiger partial charge in [-0.1, -0.05) is 18.2 Å². The maximum absolute atomic E-state index is 12.3. The SMILES string of the molecule is Cc1ccc(NC(=O)CNc2ccccc2N2CCCCC2)c([N+](=O)[O-])c1. The van der Waals surface area contributed by atoms with Crippen molar-refractivity contribution in [2.75, 3.05) is 35.2 Å². The number of carbonyl (C=O) groups excluding carboxylic acids is 1. The third-order valence-corrected chi connectivity index (χ3v) is 4.66. The fourth-order valence-electron chi connectivity index (χ4n) is 3.30. The lowest BCUT2D eigenvalue weighted by Gasteiger charge is -2.30. The molecule has 7 heteroatoms. The standard InChI is InChI=1S/C20H24N4O3/c1-15-9-10-17(19(13-15)24(26)27)22-20(25)14-21-16-7-3-4-8-18(16)23-11-5-2-6-12-23/h3-4,7-10,13,21H,2,5-6,11-12,14H2,1H3,(H,22,25). The van der Waals surface area contributed by atoms with Gasteiger partial charge in [0.2, 0.25) is 5.91 Å². The monoisotopic (exact) mass is 368 g/mol. The fraction of sp³-hybridized carbons (Fsp3) is 0.350. The number of nitro benzene ring substituents is 1. The molecular formula is C20H24N4O3. The molecule has 1 aliphatic rings. The highest BCUT2D eigenvalue weighted by atomic mass is 16.6. The molecule has 1 amide bonds. The van der Waals surface area contributed by atoms with E-state index < -0.39 is 4.92 Å². The number of rotatable bonds is 6. The van der Waals surface area contributed by atoms with Crippen LogP contribution in [-0.4, -0.2) is 30.5 Å².